The normalized spacial score (nSPS) is 14.2. The number of rotatable bonds is 1. The summed E-state index contributed by atoms with van der Waals surface area (Å²) < 4.78 is 5.30. The molecule has 0 fully saturated rings. The van der Waals surface area contributed by atoms with Gasteiger partial charge in [-0.2, -0.15) is 0 Å². The van der Waals surface area contributed by atoms with Gasteiger partial charge in [-0.15, -0.1) is 0 Å². The average Bonchev–Trinajstić information content (AvgIpc) is 2.17. The van der Waals surface area contributed by atoms with Gasteiger partial charge in [0.25, 0.3) is 0 Å². The highest BCUT2D eigenvalue weighted by atomic mass is 16.5. The first-order valence-electron chi connectivity index (χ1n) is 3.72. The molecule has 3 nitrogen and oxygen atoms in total. The maximum absolute atomic E-state index is 10.5. The monoisotopic (exact) mass is 162 g/mol. The number of benzene rings is 1. The summed E-state index contributed by atoms with van der Waals surface area (Å²) in [5, 5.41) is 10.5. The lowest BCUT2D eigenvalue weighted by atomic mass is 10.1. The van der Waals surface area contributed by atoms with Crippen molar-refractivity contribution >= 4 is 5.70 Å². The van der Waals surface area contributed by atoms with Gasteiger partial charge < -0.3 is 15.4 Å². The first-order chi connectivity index (χ1) is 5.92. The van der Waals surface area contributed by atoms with Crippen LogP contribution in [0.4, 0.5) is 0 Å². The molecule has 0 saturated heterocycles. The standard InChI is InChI=1S/C9H8NO2/c11-10-8-5-6-12-9-4-2-1-3-7(8)9/h1-5,10H,6H2/q-1. The minimum absolute atomic E-state index is 0.460. The molecule has 62 valence electrons. The smallest absolute Gasteiger partial charge is 0.129 e. The first-order valence-corrected chi connectivity index (χ1v) is 3.72. The molecule has 0 saturated carbocycles. The Kier molecular flexibility index (Phi) is 1.72. The summed E-state index contributed by atoms with van der Waals surface area (Å²) in [7, 11) is 0. The summed E-state index contributed by atoms with van der Waals surface area (Å²) in [5.41, 5.74) is 3.32. The fraction of sp³-hybridized carbons (Fsp3) is 0.111. The van der Waals surface area contributed by atoms with Gasteiger partial charge in [-0.1, -0.05) is 12.1 Å². The number of hydrogen-bond acceptors (Lipinski definition) is 3. The van der Waals surface area contributed by atoms with Gasteiger partial charge in [-0.05, 0) is 18.2 Å². The largest absolute Gasteiger partial charge is 0.761 e. The summed E-state index contributed by atoms with van der Waals surface area (Å²) in [6, 6.07) is 7.45. The van der Waals surface area contributed by atoms with Crippen LogP contribution in [0.1, 0.15) is 5.56 Å². The van der Waals surface area contributed by atoms with Crippen molar-refractivity contribution in [3.8, 4) is 5.75 Å². The Bertz CT molecular complexity index is 320. The van der Waals surface area contributed by atoms with E-state index in [1.807, 2.05) is 29.7 Å². The molecule has 0 atom stereocenters. The van der Waals surface area contributed by atoms with E-state index in [9.17, 15) is 5.21 Å². The second-order valence-corrected chi connectivity index (χ2v) is 2.53. The van der Waals surface area contributed by atoms with Crippen LogP contribution in [0.15, 0.2) is 30.3 Å². The number of ether oxygens (including phenoxy) is 1. The van der Waals surface area contributed by atoms with Crippen molar-refractivity contribution in [2.75, 3.05) is 6.61 Å². The van der Waals surface area contributed by atoms with Crippen molar-refractivity contribution in [2.45, 2.75) is 0 Å². The summed E-state index contributed by atoms with van der Waals surface area (Å²) >= 11 is 0. The zero-order chi connectivity index (χ0) is 8.39. The van der Waals surface area contributed by atoms with Crippen LogP contribution in [-0.2, 0) is 0 Å². The van der Waals surface area contributed by atoms with E-state index in [2.05, 4.69) is 0 Å². The number of hydrogen-bond donors (Lipinski definition) is 1. The van der Waals surface area contributed by atoms with Crippen LogP contribution in [0.25, 0.3) is 5.70 Å². The van der Waals surface area contributed by atoms with E-state index < -0.39 is 0 Å². The molecule has 12 heavy (non-hydrogen) atoms. The molecule has 0 unspecified atom stereocenters. The number of hydroxylamine groups is 1. The van der Waals surface area contributed by atoms with Crippen molar-refractivity contribution < 1.29 is 4.74 Å². The second-order valence-electron chi connectivity index (χ2n) is 2.53. The average molecular weight is 162 g/mol. The SMILES string of the molecule is [O-]NC1=CCOc2ccccc21. The summed E-state index contributed by atoms with van der Waals surface area (Å²) in [5.74, 6) is 0.762. The van der Waals surface area contributed by atoms with Crippen molar-refractivity contribution in [3.05, 3.63) is 41.1 Å². The molecule has 3 heteroatoms. The maximum Gasteiger partial charge on any atom is 0.129 e. The van der Waals surface area contributed by atoms with Crippen molar-refractivity contribution in [3.63, 3.8) is 0 Å². The van der Waals surface area contributed by atoms with Crippen LogP contribution >= 0.6 is 0 Å². The highest BCUT2D eigenvalue weighted by molar-refractivity contribution is 5.70. The molecular formula is C9H8NO2-. The lowest BCUT2D eigenvalue weighted by molar-refractivity contribution is 0.356. The van der Waals surface area contributed by atoms with Crippen LogP contribution in [0, 0.1) is 5.21 Å². The number of para-hydroxylation sites is 1. The van der Waals surface area contributed by atoms with Crippen LogP contribution in [0.5, 0.6) is 5.75 Å². The molecule has 1 aliphatic heterocycles. The van der Waals surface area contributed by atoms with Gasteiger partial charge >= 0.3 is 0 Å². The number of fused-ring (bicyclic) bond motifs is 1. The van der Waals surface area contributed by atoms with Crippen molar-refractivity contribution in [1.82, 2.24) is 5.48 Å². The molecule has 1 aliphatic rings. The van der Waals surface area contributed by atoms with E-state index >= 15 is 0 Å². The maximum atomic E-state index is 10.5. The second kappa shape index (κ2) is 2.87. The lowest BCUT2D eigenvalue weighted by Gasteiger charge is -2.21. The van der Waals surface area contributed by atoms with Gasteiger partial charge in [0.2, 0.25) is 0 Å². The Labute approximate surface area is 70.2 Å². The van der Waals surface area contributed by atoms with E-state index in [0.717, 1.165) is 11.3 Å². The molecule has 0 spiro atoms. The molecule has 1 N–H and O–H groups in total. The van der Waals surface area contributed by atoms with Gasteiger partial charge in [-0.25, -0.2) is 0 Å². The lowest BCUT2D eigenvalue weighted by Crippen LogP contribution is -2.11. The van der Waals surface area contributed by atoms with Gasteiger partial charge in [0.15, 0.2) is 0 Å². The minimum Gasteiger partial charge on any atom is -0.761 e. The zero-order valence-corrected chi connectivity index (χ0v) is 6.41. The van der Waals surface area contributed by atoms with Gasteiger partial charge in [0.05, 0.1) is 0 Å². The van der Waals surface area contributed by atoms with E-state index in [-0.39, 0.29) is 0 Å². The molecule has 1 heterocycles. The van der Waals surface area contributed by atoms with E-state index in [4.69, 9.17) is 4.74 Å². The van der Waals surface area contributed by atoms with Crippen LogP contribution in [0.2, 0.25) is 0 Å². The molecule has 0 amide bonds. The quantitative estimate of drug-likeness (QED) is 0.636. The number of nitrogens with one attached hydrogen (secondary N) is 1. The Morgan fingerprint density at radius 1 is 1.33 bits per heavy atom. The summed E-state index contributed by atoms with van der Waals surface area (Å²) in [6.07, 6.45) is 1.73. The predicted molar refractivity (Wildman–Crippen MR) is 46.4 cm³/mol. The third kappa shape index (κ3) is 1.04. The predicted octanol–water partition coefficient (Wildman–Crippen LogP) is 1.51. The van der Waals surface area contributed by atoms with Gasteiger partial charge in [0.1, 0.15) is 12.4 Å². The molecule has 1 aromatic carbocycles. The first kappa shape index (κ1) is 7.18. The summed E-state index contributed by atoms with van der Waals surface area (Å²) in [6.45, 7) is 0.460. The molecule has 0 aromatic heterocycles. The van der Waals surface area contributed by atoms with Crippen LogP contribution in [-0.4, -0.2) is 6.61 Å². The highest BCUT2D eigenvalue weighted by Gasteiger charge is 2.09. The molecule has 2 rings (SSSR count). The zero-order valence-electron chi connectivity index (χ0n) is 6.41. The third-order valence-electron chi connectivity index (χ3n) is 1.81. The van der Waals surface area contributed by atoms with Crippen molar-refractivity contribution in [2.24, 2.45) is 0 Å². The Balaban J connectivity index is 2.48. The van der Waals surface area contributed by atoms with E-state index in [1.165, 1.54) is 0 Å². The van der Waals surface area contributed by atoms with E-state index in [1.54, 1.807) is 6.08 Å². The molecule has 1 aromatic rings. The Hall–Kier alpha value is -1.48. The molecule has 0 aliphatic carbocycles. The van der Waals surface area contributed by atoms with Gasteiger partial charge in [-0.3, -0.25) is 0 Å². The van der Waals surface area contributed by atoms with Crippen LogP contribution in [0.3, 0.4) is 0 Å². The Morgan fingerprint density at radius 3 is 3.00 bits per heavy atom. The fourth-order valence-electron chi connectivity index (χ4n) is 1.24. The summed E-state index contributed by atoms with van der Waals surface area (Å²) in [4.78, 5) is 0. The fourth-order valence-corrected chi connectivity index (χ4v) is 1.24. The minimum atomic E-state index is 0.460. The van der Waals surface area contributed by atoms with Crippen LogP contribution < -0.4 is 10.2 Å². The van der Waals surface area contributed by atoms with E-state index in [0.29, 0.717) is 12.3 Å². The highest BCUT2D eigenvalue weighted by Crippen LogP contribution is 2.27. The van der Waals surface area contributed by atoms with Crippen molar-refractivity contribution in [1.29, 1.82) is 0 Å². The topological polar surface area (TPSA) is 44.3 Å². The Morgan fingerprint density at radius 2 is 2.17 bits per heavy atom. The molecular weight excluding hydrogens is 154 g/mol. The molecule has 0 radical (unpaired) electrons. The molecule has 0 bridgehead atoms. The van der Waals surface area contributed by atoms with Gasteiger partial charge in [0, 0.05) is 11.3 Å². The third-order valence-corrected chi connectivity index (χ3v) is 1.81.